The highest BCUT2D eigenvalue weighted by Gasteiger charge is 2.22. The normalized spacial score (nSPS) is 13.3. The Morgan fingerprint density at radius 3 is 3.09 bits per heavy atom. The van der Waals surface area contributed by atoms with Gasteiger partial charge in [-0.1, -0.05) is 18.2 Å². The number of hydrogen-bond acceptors (Lipinski definition) is 5. The summed E-state index contributed by atoms with van der Waals surface area (Å²) < 4.78 is 23.8. The van der Waals surface area contributed by atoms with Gasteiger partial charge in [-0.05, 0) is 37.0 Å². The topological polar surface area (TPSA) is 48.7 Å². The number of para-hydroxylation sites is 1. The third kappa shape index (κ3) is 2.39. The van der Waals surface area contributed by atoms with Crippen molar-refractivity contribution in [1.82, 2.24) is 0 Å². The first-order valence-corrected chi connectivity index (χ1v) is 8.09. The zero-order valence-corrected chi connectivity index (χ0v) is 13.0. The van der Waals surface area contributed by atoms with E-state index in [-0.39, 0.29) is 12.7 Å². The summed E-state index contributed by atoms with van der Waals surface area (Å²) in [5, 5.41) is 0.883. The van der Waals surface area contributed by atoms with Crippen molar-refractivity contribution in [2.45, 2.75) is 6.42 Å². The first-order chi connectivity index (χ1) is 11.8. The standard InChI is InChI=1S/C17H13BO4S/c18-23-22-10-5-6-11-12-7-8-20-14-4-2-1-3-13(14)16(12)17(19)21-15(11)9-10/h1-6,9H,7-8,18H2/i18T. The van der Waals surface area contributed by atoms with Crippen LogP contribution in [0.1, 0.15) is 5.56 Å². The molecule has 2 heterocycles. The Kier molecular flexibility index (Phi) is 3.26. The lowest BCUT2D eigenvalue weighted by atomic mass is 9.97. The fraction of sp³-hybridized carbons (Fsp3) is 0.118. The van der Waals surface area contributed by atoms with Gasteiger partial charge in [0, 0.05) is 23.4 Å². The second kappa shape index (κ2) is 5.70. The van der Waals surface area contributed by atoms with E-state index in [1.807, 2.05) is 36.4 Å². The number of rotatable bonds is 3. The Labute approximate surface area is 139 Å². The van der Waals surface area contributed by atoms with Gasteiger partial charge in [-0.15, -0.1) is 0 Å². The van der Waals surface area contributed by atoms with Crippen molar-refractivity contribution in [3.8, 4) is 22.6 Å². The third-order valence-corrected chi connectivity index (χ3v) is 4.22. The van der Waals surface area contributed by atoms with Gasteiger partial charge >= 0.3 is 5.63 Å². The van der Waals surface area contributed by atoms with Crippen LogP contribution in [0, 0.1) is 0 Å². The molecule has 0 atom stereocenters. The molecule has 0 saturated heterocycles. The fourth-order valence-corrected chi connectivity index (χ4v) is 3.20. The highest BCUT2D eigenvalue weighted by Crippen LogP contribution is 2.36. The molecule has 4 nitrogen and oxygen atoms in total. The van der Waals surface area contributed by atoms with Crippen molar-refractivity contribution in [2.24, 2.45) is 0 Å². The van der Waals surface area contributed by atoms with Gasteiger partial charge in [0.2, 0.25) is 7.09 Å². The van der Waals surface area contributed by atoms with Gasteiger partial charge in [-0.3, -0.25) is 0 Å². The predicted octanol–water partition coefficient (Wildman–Crippen LogP) is 2.97. The predicted molar refractivity (Wildman–Crippen MR) is 93.9 cm³/mol. The van der Waals surface area contributed by atoms with Crippen LogP contribution >= 0.6 is 11.9 Å². The monoisotopic (exact) mass is 326 g/mol. The van der Waals surface area contributed by atoms with Gasteiger partial charge in [0.1, 0.15) is 17.1 Å². The zero-order chi connectivity index (χ0) is 16.5. The Bertz CT molecular complexity index is 972. The zero-order valence-electron chi connectivity index (χ0n) is 13.2. The largest absolute Gasteiger partial charge is 0.493 e. The Morgan fingerprint density at radius 1 is 1.26 bits per heavy atom. The Morgan fingerprint density at radius 2 is 2.17 bits per heavy atom. The van der Waals surface area contributed by atoms with E-state index in [1.54, 1.807) is 6.07 Å². The maximum atomic E-state index is 12.6. The third-order valence-electron chi connectivity index (χ3n) is 3.91. The number of ether oxygens (including phenoxy) is 1. The minimum atomic E-state index is -0.374. The van der Waals surface area contributed by atoms with Crippen LogP contribution in [-0.4, -0.2) is 15.0 Å². The van der Waals surface area contributed by atoms with Crippen LogP contribution in [0.25, 0.3) is 22.1 Å². The quantitative estimate of drug-likeness (QED) is 0.421. The van der Waals surface area contributed by atoms with Crippen LogP contribution in [0.4, 0.5) is 0 Å². The van der Waals surface area contributed by atoms with Gasteiger partial charge < -0.3 is 13.3 Å². The van der Waals surface area contributed by atoms with Crippen LogP contribution in [-0.2, 0) is 6.42 Å². The maximum Gasteiger partial charge on any atom is 0.344 e. The first kappa shape index (κ1) is 13.1. The van der Waals surface area contributed by atoms with E-state index >= 15 is 0 Å². The van der Waals surface area contributed by atoms with Crippen molar-refractivity contribution in [1.29, 1.82) is 1.34 Å². The molecule has 3 aromatic rings. The second-order valence-electron chi connectivity index (χ2n) is 5.20. The van der Waals surface area contributed by atoms with Gasteiger partial charge in [0.25, 0.3) is 0 Å². The molecule has 1 aliphatic rings. The van der Waals surface area contributed by atoms with E-state index in [9.17, 15) is 4.79 Å². The molecule has 0 aliphatic carbocycles. The average Bonchev–Trinajstić information content (AvgIpc) is 2.80. The molecule has 4 rings (SSSR count). The van der Waals surface area contributed by atoms with Crippen molar-refractivity contribution in [2.75, 3.05) is 6.61 Å². The molecule has 0 radical (unpaired) electrons. The van der Waals surface area contributed by atoms with Gasteiger partial charge in [0.15, 0.2) is 0 Å². The summed E-state index contributed by atoms with van der Waals surface area (Å²) in [4.78, 5) is 12.6. The minimum absolute atomic E-state index is 0.0975. The molecule has 114 valence electrons. The molecule has 2 aromatic carbocycles. The van der Waals surface area contributed by atoms with E-state index in [2.05, 4.69) is 0 Å². The van der Waals surface area contributed by atoms with Gasteiger partial charge in [-0.25, -0.2) is 4.79 Å². The summed E-state index contributed by atoms with van der Waals surface area (Å²) >= 11 is 1.02. The maximum absolute atomic E-state index is 12.6. The molecule has 0 amide bonds. The highest BCUT2D eigenvalue weighted by atomic mass is 32.2. The first-order valence-electron chi connectivity index (χ1n) is 7.89. The van der Waals surface area contributed by atoms with E-state index in [1.165, 1.54) is 0 Å². The number of fused-ring (bicyclic) bond motifs is 5. The molecule has 0 unspecified atom stereocenters. The van der Waals surface area contributed by atoms with E-state index in [4.69, 9.17) is 14.7 Å². The molecule has 23 heavy (non-hydrogen) atoms. The van der Waals surface area contributed by atoms with Crippen molar-refractivity contribution in [3.05, 3.63) is 58.4 Å². The summed E-state index contributed by atoms with van der Waals surface area (Å²) in [7, 11) is 0.0975. The van der Waals surface area contributed by atoms with Gasteiger partial charge in [0.05, 0.1) is 12.2 Å². The lowest BCUT2D eigenvalue weighted by molar-refractivity contribution is 0.327. The summed E-state index contributed by atoms with van der Waals surface area (Å²) in [5.74, 6) is 1.27. The second-order valence-corrected chi connectivity index (χ2v) is 5.60. The molecule has 6 heteroatoms. The van der Waals surface area contributed by atoms with Crippen LogP contribution in [0.5, 0.6) is 11.5 Å². The number of hydrogen-bond donors (Lipinski definition) is 0. The van der Waals surface area contributed by atoms with Crippen LogP contribution in [0.3, 0.4) is 0 Å². The van der Waals surface area contributed by atoms with Crippen molar-refractivity contribution >= 4 is 30.0 Å². The molecule has 0 saturated carbocycles. The molecule has 0 N–H and O–H groups in total. The molecule has 1 aliphatic heterocycles. The lowest BCUT2D eigenvalue weighted by Gasteiger charge is -2.10. The van der Waals surface area contributed by atoms with Crippen LogP contribution in [0.15, 0.2) is 51.7 Å². The minimum Gasteiger partial charge on any atom is -0.493 e. The molecular weight excluding hydrogens is 311 g/mol. The summed E-state index contributed by atoms with van der Waals surface area (Å²) in [5.41, 5.74) is 2.39. The summed E-state index contributed by atoms with van der Waals surface area (Å²) in [6.07, 6.45) is 0.633. The smallest absolute Gasteiger partial charge is 0.344 e. The highest BCUT2D eigenvalue weighted by molar-refractivity contribution is 8.16. The molecule has 0 bridgehead atoms. The van der Waals surface area contributed by atoms with Gasteiger partial charge in [-0.2, -0.15) is 0 Å². The van der Waals surface area contributed by atoms with Crippen molar-refractivity contribution in [3.63, 3.8) is 0 Å². The van der Waals surface area contributed by atoms with E-state index in [0.29, 0.717) is 35.7 Å². The van der Waals surface area contributed by atoms with E-state index in [0.717, 1.165) is 28.4 Å². The van der Waals surface area contributed by atoms with Crippen LogP contribution in [0.2, 0.25) is 0 Å². The molecule has 0 spiro atoms. The molecule has 0 fully saturated rings. The Balaban J connectivity index is 1.94. The average molecular weight is 326 g/mol. The molecular formula is C17H13BO4S. The lowest BCUT2D eigenvalue weighted by Crippen LogP contribution is -2.08. The Hall–Kier alpha value is -2.34. The SMILES string of the molecule is [3H]BSOc1ccc2c3c(c(=O)oc2c1)-c1ccccc1OCC3. The van der Waals surface area contributed by atoms with Crippen molar-refractivity contribution < 1.29 is 13.3 Å². The fourth-order valence-electron chi connectivity index (χ4n) is 2.96. The summed E-state index contributed by atoms with van der Waals surface area (Å²) in [6.45, 7) is 0.509. The van der Waals surface area contributed by atoms with E-state index < -0.39 is 0 Å². The molecule has 1 aromatic heterocycles. The van der Waals surface area contributed by atoms with Crippen LogP contribution < -0.4 is 14.5 Å². The summed E-state index contributed by atoms with van der Waals surface area (Å²) in [6, 6.07) is 12.9. The number of benzene rings is 2.